The zero-order valence-corrected chi connectivity index (χ0v) is 10.0. The van der Waals surface area contributed by atoms with E-state index in [0.29, 0.717) is 19.7 Å². The molecule has 0 N–H and O–H groups in total. The highest BCUT2D eigenvalue weighted by Gasteiger charge is 2.09. The minimum Gasteiger partial charge on any atom is -0.465 e. The molecule has 0 aromatic carbocycles. The van der Waals surface area contributed by atoms with Gasteiger partial charge in [0.1, 0.15) is 0 Å². The van der Waals surface area contributed by atoms with Gasteiger partial charge in [-0.1, -0.05) is 6.08 Å². The number of nitrogens with zero attached hydrogens (tertiary/aromatic N) is 2. The van der Waals surface area contributed by atoms with E-state index in [9.17, 15) is 4.79 Å². The number of likely N-dealkylation sites (N-methyl/N-ethyl adjacent to an activating group) is 1. The molecule has 0 unspecified atom stereocenters. The molecular weight excluding hydrogens is 192 g/mol. The van der Waals surface area contributed by atoms with E-state index < -0.39 is 0 Å². The maximum atomic E-state index is 11.3. The summed E-state index contributed by atoms with van der Waals surface area (Å²) in [7, 11) is 4.02. The second-order valence-corrected chi connectivity index (χ2v) is 3.63. The lowest BCUT2D eigenvalue weighted by atomic mass is 10.4. The van der Waals surface area contributed by atoms with E-state index in [1.165, 1.54) is 0 Å². The Bertz CT molecular complexity index is 193. The Morgan fingerprint density at radius 2 is 2.07 bits per heavy atom. The maximum Gasteiger partial charge on any atom is 0.320 e. The summed E-state index contributed by atoms with van der Waals surface area (Å²) in [4.78, 5) is 15.4. The van der Waals surface area contributed by atoms with Gasteiger partial charge in [-0.15, -0.1) is 6.58 Å². The molecule has 0 fully saturated rings. The molecular formula is C11H22N2O2. The van der Waals surface area contributed by atoms with Crippen LogP contribution in [0.4, 0.5) is 0 Å². The summed E-state index contributed by atoms with van der Waals surface area (Å²) in [5.74, 6) is -0.168. The summed E-state index contributed by atoms with van der Waals surface area (Å²) in [6.45, 7) is 8.75. The largest absolute Gasteiger partial charge is 0.465 e. The molecule has 0 heterocycles. The summed E-state index contributed by atoms with van der Waals surface area (Å²) in [5.41, 5.74) is 0. The lowest BCUT2D eigenvalue weighted by molar-refractivity contribution is -0.144. The smallest absolute Gasteiger partial charge is 0.320 e. The standard InChI is InChI=1S/C11H22N2O2/c1-5-7-13(9-8-12(3)4)10-11(14)15-6-2/h5H,1,6-10H2,2-4H3. The Balaban J connectivity index is 3.91. The van der Waals surface area contributed by atoms with Gasteiger partial charge in [0.05, 0.1) is 13.2 Å². The molecule has 0 aromatic heterocycles. The predicted molar refractivity (Wildman–Crippen MR) is 61.8 cm³/mol. The number of ether oxygens (including phenoxy) is 1. The fourth-order valence-electron chi connectivity index (χ4n) is 1.15. The van der Waals surface area contributed by atoms with E-state index in [1.54, 1.807) is 6.08 Å². The molecule has 0 bridgehead atoms. The average Bonchev–Trinajstić information content (AvgIpc) is 2.15. The van der Waals surface area contributed by atoms with Crippen molar-refractivity contribution in [1.82, 2.24) is 9.80 Å². The number of rotatable bonds is 8. The molecule has 0 aliphatic heterocycles. The van der Waals surface area contributed by atoms with Crippen LogP contribution in [-0.4, -0.2) is 62.7 Å². The van der Waals surface area contributed by atoms with Crippen molar-refractivity contribution in [2.24, 2.45) is 0 Å². The van der Waals surface area contributed by atoms with Crippen LogP contribution >= 0.6 is 0 Å². The highest BCUT2D eigenvalue weighted by molar-refractivity contribution is 5.71. The van der Waals surface area contributed by atoms with Crippen LogP contribution in [0.15, 0.2) is 12.7 Å². The minimum atomic E-state index is -0.168. The number of hydrogen-bond donors (Lipinski definition) is 0. The molecule has 0 saturated carbocycles. The highest BCUT2D eigenvalue weighted by atomic mass is 16.5. The van der Waals surface area contributed by atoms with Crippen molar-refractivity contribution in [3.63, 3.8) is 0 Å². The Kier molecular flexibility index (Phi) is 7.95. The van der Waals surface area contributed by atoms with E-state index >= 15 is 0 Å². The van der Waals surface area contributed by atoms with Crippen molar-refractivity contribution in [2.75, 3.05) is 46.9 Å². The summed E-state index contributed by atoms with van der Waals surface area (Å²) < 4.78 is 4.90. The van der Waals surface area contributed by atoms with Crippen molar-refractivity contribution >= 4 is 5.97 Å². The van der Waals surface area contributed by atoms with E-state index in [2.05, 4.69) is 11.5 Å². The van der Waals surface area contributed by atoms with Crippen LogP contribution in [0.2, 0.25) is 0 Å². The van der Waals surface area contributed by atoms with Gasteiger partial charge in [-0.2, -0.15) is 0 Å². The first-order chi connectivity index (χ1) is 7.10. The molecule has 0 radical (unpaired) electrons. The molecule has 0 spiro atoms. The van der Waals surface area contributed by atoms with Crippen molar-refractivity contribution in [3.8, 4) is 0 Å². The zero-order chi connectivity index (χ0) is 11.7. The van der Waals surface area contributed by atoms with Gasteiger partial charge in [0.15, 0.2) is 0 Å². The first-order valence-corrected chi connectivity index (χ1v) is 5.23. The number of carbonyl (C=O) groups is 1. The fraction of sp³-hybridized carbons (Fsp3) is 0.727. The van der Waals surface area contributed by atoms with Gasteiger partial charge >= 0.3 is 5.97 Å². The van der Waals surface area contributed by atoms with Gasteiger partial charge in [-0.3, -0.25) is 9.69 Å². The molecule has 0 aliphatic carbocycles. The molecule has 4 heteroatoms. The average molecular weight is 214 g/mol. The number of carbonyl (C=O) groups excluding carboxylic acids is 1. The molecule has 0 saturated heterocycles. The third-order valence-corrected chi connectivity index (χ3v) is 1.91. The molecule has 88 valence electrons. The van der Waals surface area contributed by atoms with Crippen molar-refractivity contribution in [3.05, 3.63) is 12.7 Å². The van der Waals surface area contributed by atoms with E-state index in [4.69, 9.17) is 4.74 Å². The van der Waals surface area contributed by atoms with Gasteiger partial charge in [-0.25, -0.2) is 0 Å². The molecule has 0 aromatic rings. The van der Waals surface area contributed by atoms with Crippen LogP contribution < -0.4 is 0 Å². The predicted octanol–water partition coefficient (Wildman–Crippen LogP) is 0.599. The van der Waals surface area contributed by atoms with Gasteiger partial charge in [-0.05, 0) is 21.0 Å². The van der Waals surface area contributed by atoms with Crippen LogP contribution in [0.25, 0.3) is 0 Å². The van der Waals surface area contributed by atoms with Crippen LogP contribution in [0.5, 0.6) is 0 Å². The summed E-state index contributed by atoms with van der Waals surface area (Å²) in [5, 5.41) is 0. The van der Waals surface area contributed by atoms with Crippen LogP contribution in [0, 0.1) is 0 Å². The molecule has 0 aliphatic rings. The van der Waals surface area contributed by atoms with Crippen LogP contribution in [0.3, 0.4) is 0 Å². The maximum absolute atomic E-state index is 11.3. The fourth-order valence-corrected chi connectivity index (χ4v) is 1.15. The van der Waals surface area contributed by atoms with Gasteiger partial charge in [0.2, 0.25) is 0 Å². The zero-order valence-electron chi connectivity index (χ0n) is 10.0. The van der Waals surface area contributed by atoms with E-state index in [0.717, 1.165) is 13.1 Å². The molecule has 0 rings (SSSR count). The SMILES string of the molecule is C=CCN(CCN(C)C)CC(=O)OCC. The van der Waals surface area contributed by atoms with E-state index in [1.807, 2.05) is 25.9 Å². The second-order valence-electron chi connectivity index (χ2n) is 3.63. The Hall–Kier alpha value is -0.870. The molecule has 0 amide bonds. The number of hydrogen-bond acceptors (Lipinski definition) is 4. The minimum absolute atomic E-state index is 0.168. The van der Waals surface area contributed by atoms with Gasteiger partial charge < -0.3 is 9.64 Å². The van der Waals surface area contributed by atoms with Crippen molar-refractivity contribution in [1.29, 1.82) is 0 Å². The summed E-state index contributed by atoms with van der Waals surface area (Å²) in [6.07, 6.45) is 1.80. The topological polar surface area (TPSA) is 32.8 Å². The molecule has 15 heavy (non-hydrogen) atoms. The van der Waals surface area contributed by atoms with E-state index in [-0.39, 0.29) is 5.97 Å². The Labute approximate surface area is 92.5 Å². The molecule has 0 atom stereocenters. The Morgan fingerprint density at radius 1 is 1.40 bits per heavy atom. The lowest BCUT2D eigenvalue weighted by Gasteiger charge is -2.21. The number of esters is 1. The third-order valence-electron chi connectivity index (χ3n) is 1.91. The Morgan fingerprint density at radius 3 is 2.53 bits per heavy atom. The first-order valence-electron chi connectivity index (χ1n) is 5.23. The summed E-state index contributed by atoms with van der Waals surface area (Å²) >= 11 is 0. The van der Waals surface area contributed by atoms with Gasteiger partial charge in [0, 0.05) is 19.6 Å². The second kappa shape index (κ2) is 8.44. The van der Waals surface area contributed by atoms with Crippen LogP contribution in [-0.2, 0) is 9.53 Å². The lowest BCUT2D eigenvalue weighted by Crippen LogP contribution is -2.36. The first kappa shape index (κ1) is 14.1. The van der Waals surface area contributed by atoms with Gasteiger partial charge in [0.25, 0.3) is 0 Å². The highest BCUT2D eigenvalue weighted by Crippen LogP contribution is 1.92. The quantitative estimate of drug-likeness (QED) is 0.437. The normalized spacial score (nSPS) is 10.7. The monoisotopic (exact) mass is 214 g/mol. The van der Waals surface area contributed by atoms with Crippen molar-refractivity contribution in [2.45, 2.75) is 6.92 Å². The molecule has 4 nitrogen and oxygen atoms in total. The third kappa shape index (κ3) is 8.15. The summed E-state index contributed by atoms with van der Waals surface area (Å²) in [6, 6.07) is 0. The van der Waals surface area contributed by atoms with Crippen molar-refractivity contribution < 1.29 is 9.53 Å². The van der Waals surface area contributed by atoms with Crippen LogP contribution in [0.1, 0.15) is 6.92 Å².